The molecule has 5 nitrogen and oxygen atoms in total. The first kappa shape index (κ1) is 65.1. The first-order valence-electron chi connectivity index (χ1n) is 55.5. The van der Waals surface area contributed by atoms with Gasteiger partial charge in [0.25, 0.3) is 0 Å². The fourth-order valence-electron chi connectivity index (χ4n) is 19.7. The molecule has 0 N–H and O–H groups in total. The number of aromatic nitrogens is 2. The largest absolute Gasteiger partial charge is 0.310 e. The second-order valence-corrected chi connectivity index (χ2v) is 37.4. The Labute approximate surface area is 824 Å². The Balaban J connectivity index is 0.966. The molecule has 2 aromatic heterocycles. The van der Waals surface area contributed by atoms with Crippen molar-refractivity contribution in [2.45, 2.75) is 71.6 Å². The molecule has 3 heterocycles. The predicted octanol–water partition coefficient (Wildman–Crippen LogP) is 36.5. The minimum atomic E-state index is -0.865. The van der Waals surface area contributed by atoms with Crippen LogP contribution in [0, 0.1) is 0 Å². The summed E-state index contributed by atoms with van der Waals surface area (Å²) in [6.07, 6.45) is 0. The number of para-hydroxylation sites is 6. The van der Waals surface area contributed by atoms with Crippen LogP contribution in [-0.4, -0.2) is 9.13 Å². The number of nitrogens with zero attached hydrogens (tertiary/aromatic N) is 5. The van der Waals surface area contributed by atoms with Gasteiger partial charge in [0.05, 0.1) is 70.9 Å². The van der Waals surface area contributed by atoms with Crippen LogP contribution in [0.25, 0.3) is 155 Å². The van der Waals surface area contributed by atoms with Crippen LogP contribution in [0.4, 0.5) is 51.2 Å². The molecule has 0 radical (unpaired) electrons. The fourth-order valence-corrected chi connectivity index (χ4v) is 19.7. The molecule has 5 heteroatoms. The molecule has 20 aromatic carbocycles. The zero-order valence-corrected chi connectivity index (χ0v) is 76.4. The second-order valence-electron chi connectivity index (χ2n) is 37.4. The molecule has 0 saturated carbocycles. The average Bonchev–Trinajstić information content (AvgIpc) is 1.67. The normalized spacial score (nSPS) is 14.4. The summed E-state index contributed by atoms with van der Waals surface area (Å²) in [6.45, 7) is 17.2. The third-order valence-corrected chi connectivity index (χ3v) is 26.5. The molecule has 0 unspecified atom stereocenters. The van der Waals surface area contributed by atoms with Crippen LogP contribution in [0.5, 0.6) is 0 Å². The SMILES string of the molecule is [2H]c1c(-c2ccc3c(c2)C(C)(C)c2ccccc2N3c2ccccc2)c([2H])c(N(c2cccc(-n3c4c([2H])c([2H])c([2H])c([2H])c4c4c([2H])c([2H])c([2H])c([2H])c43)c2)c2c(-c3cccc(-c4ccccc4)c3)cc(C(C)(C)C)cc2-c2cccc(-c3ccccc3)c2)c([2H])c1N(c1cccc(-n2c3c([2H])c([2H])c([2H])c([2H])c3c3c([2H])c([2H])c([2H])c([2H])c32)c1)c1c(-c2cccc(-c3ccccc3)c2)cc(C(C)(C)C)cc1-c1cccc(-c2ccccc2)c1. The molecule has 0 aliphatic carbocycles. The second kappa shape index (κ2) is 34.2. The van der Waals surface area contributed by atoms with Crippen LogP contribution in [0.1, 0.15) is 104 Å². The lowest BCUT2D eigenvalue weighted by atomic mass is 9.73. The van der Waals surface area contributed by atoms with Crippen LogP contribution in [-0.2, 0) is 16.2 Å². The summed E-state index contributed by atoms with van der Waals surface area (Å²) in [6, 6.07) is 109. The Morgan fingerprint density at radius 1 is 0.235 bits per heavy atom. The number of benzene rings is 20. The minimum absolute atomic E-state index is 0.000987. The maximum Gasteiger partial charge on any atom is 0.0667 e. The number of anilines is 9. The monoisotopic (exact) mass is 1760 g/mol. The Kier molecular flexibility index (Phi) is 16.4. The molecule has 0 atom stereocenters. The van der Waals surface area contributed by atoms with Crippen molar-refractivity contribution in [3.63, 3.8) is 0 Å². The summed E-state index contributed by atoms with van der Waals surface area (Å²) in [5, 5.41) is -0.689. The summed E-state index contributed by atoms with van der Waals surface area (Å²) < 4.78 is 196. The first-order valence-corrected chi connectivity index (χ1v) is 46.0. The van der Waals surface area contributed by atoms with E-state index in [1.54, 1.807) is 36.4 Å². The highest BCUT2D eigenvalue weighted by molar-refractivity contribution is 6.12. The van der Waals surface area contributed by atoms with Gasteiger partial charge in [-0.2, -0.15) is 0 Å². The van der Waals surface area contributed by atoms with E-state index in [1.807, 2.05) is 259 Å². The van der Waals surface area contributed by atoms with Crippen LogP contribution in [0.2, 0.25) is 0 Å². The van der Waals surface area contributed by atoms with Crippen LogP contribution in [0.15, 0.2) is 479 Å². The lowest BCUT2D eigenvalue weighted by Gasteiger charge is -2.42. The van der Waals surface area contributed by atoms with Gasteiger partial charge in [-0.3, -0.25) is 0 Å². The van der Waals surface area contributed by atoms with Crippen molar-refractivity contribution in [1.29, 1.82) is 0 Å². The quantitative estimate of drug-likeness (QED) is 0.0854. The third kappa shape index (κ3) is 15.2. The van der Waals surface area contributed by atoms with Gasteiger partial charge in [-0.15, -0.1) is 0 Å². The summed E-state index contributed by atoms with van der Waals surface area (Å²) in [7, 11) is 0. The van der Waals surface area contributed by atoms with E-state index in [9.17, 15) is 26.0 Å². The Morgan fingerprint density at radius 3 is 0.890 bits per heavy atom. The summed E-state index contributed by atoms with van der Waals surface area (Å²) >= 11 is 0. The molecule has 1 aliphatic heterocycles. The molecule has 0 spiro atoms. The summed E-state index contributed by atoms with van der Waals surface area (Å²) in [5.41, 5.74) is 16.4. The zero-order chi connectivity index (χ0) is 108. The molecule has 652 valence electrons. The average molecular weight is 1770 g/mol. The van der Waals surface area contributed by atoms with E-state index in [2.05, 4.69) is 139 Å². The maximum atomic E-state index is 13.0. The van der Waals surface area contributed by atoms with Gasteiger partial charge in [-0.25, -0.2) is 0 Å². The van der Waals surface area contributed by atoms with Crippen molar-refractivity contribution >= 4 is 94.8 Å². The lowest BCUT2D eigenvalue weighted by Crippen LogP contribution is -2.30. The van der Waals surface area contributed by atoms with Gasteiger partial charge in [0, 0.05) is 89.0 Å². The molecule has 22 aromatic rings. The van der Waals surface area contributed by atoms with Gasteiger partial charge in [0.2, 0.25) is 0 Å². The number of hydrogen-bond acceptors (Lipinski definition) is 3. The van der Waals surface area contributed by atoms with Gasteiger partial charge in [0.1, 0.15) is 0 Å². The van der Waals surface area contributed by atoms with Crippen molar-refractivity contribution in [2.75, 3.05) is 14.7 Å². The lowest BCUT2D eigenvalue weighted by molar-refractivity contribution is 0.590. The predicted molar refractivity (Wildman–Crippen MR) is 578 cm³/mol. The van der Waals surface area contributed by atoms with Crippen LogP contribution >= 0.6 is 0 Å². The van der Waals surface area contributed by atoms with Crippen molar-refractivity contribution in [2.24, 2.45) is 0 Å². The van der Waals surface area contributed by atoms with Crippen molar-refractivity contribution < 1.29 is 26.0 Å². The van der Waals surface area contributed by atoms with Gasteiger partial charge in [-0.1, -0.05) is 377 Å². The topological polar surface area (TPSA) is 19.6 Å². The Hall–Kier alpha value is -16.6. The van der Waals surface area contributed by atoms with Crippen LogP contribution in [0.3, 0.4) is 0 Å². The molecule has 0 saturated heterocycles. The summed E-state index contributed by atoms with van der Waals surface area (Å²) in [4.78, 5) is 6.03. The molecule has 0 fully saturated rings. The van der Waals surface area contributed by atoms with Crippen molar-refractivity contribution in [3.05, 3.63) is 501 Å². The highest BCUT2D eigenvalue weighted by Crippen LogP contribution is 2.58. The molecular weight excluding hydrogens is 1640 g/mol. The molecule has 136 heavy (non-hydrogen) atoms. The Bertz CT molecular complexity index is 8740. The van der Waals surface area contributed by atoms with Gasteiger partial charge >= 0.3 is 0 Å². The molecule has 0 amide bonds. The maximum absolute atomic E-state index is 13.0. The number of rotatable bonds is 18. The van der Waals surface area contributed by atoms with Gasteiger partial charge < -0.3 is 23.8 Å². The standard InChI is InChI=1S/C131H103N5/c1-129(2,3)102-81-115(97-52-34-48-92(74-97)88-40-14-9-15-41-88)127(116(82-102)98-53-35-49-93(75-98)89-42-16-10-17-43-89)132(105-58-38-60-107(85-105)135-121-67-29-24-62-111(121)112-63-25-30-68-122(112)135)109-78-101(96-72-73-126-120(80-96)131(7,8)119-66-28-33-71-125(119)134(126)104-56-22-13-23-57-104)79-110(87-109)133(106-59-39-61-108(86-106)136-123-69-31-26-64-113(123)114-65-27-32-70-124(114)136)128-117(99-54-36-50-94(76-99)90-44-18-11-19-45-90)83-103(130(4,5)6)84-118(128)100-55-37-51-95(77-100)91-46-20-12-21-47-91/h9-87H,1-8H3/i24D,25D,26D,27D,29D,30D,31D,32D,62D,63D,64D,65D,67D,68D,69D,70D,78D,79D,87D. The molecule has 0 bridgehead atoms. The smallest absolute Gasteiger partial charge is 0.0667 e. The van der Waals surface area contributed by atoms with E-state index in [0.717, 1.165) is 83.8 Å². The highest BCUT2D eigenvalue weighted by Gasteiger charge is 2.39. The third-order valence-electron chi connectivity index (χ3n) is 26.5. The van der Waals surface area contributed by atoms with E-state index >= 15 is 0 Å². The molecule has 23 rings (SSSR count). The minimum Gasteiger partial charge on any atom is -0.310 e. The molecular formula is C131H103N5. The Morgan fingerprint density at radius 2 is 0.529 bits per heavy atom. The highest BCUT2D eigenvalue weighted by atomic mass is 15.2. The first-order chi connectivity index (χ1) is 74.4. The number of fused-ring (bicyclic) bond motifs is 8. The fraction of sp³-hybridized carbons (Fsp3) is 0.0840. The van der Waals surface area contributed by atoms with E-state index in [-0.39, 0.29) is 95.4 Å². The zero-order valence-electron chi connectivity index (χ0n) is 95.4. The van der Waals surface area contributed by atoms with Crippen LogP contribution < -0.4 is 14.7 Å². The van der Waals surface area contributed by atoms with Crippen molar-refractivity contribution in [1.82, 2.24) is 9.13 Å². The van der Waals surface area contributed by atoms with E-state index in [4.69, 9.17) is 0 Å². The van der Waals surface area contributed by atoms with E-state index < -0.39 is 119 Å². The van der Waals surface area contributed by atoms with Gasteiger partial charge in [-0.05, 0) is 269 Å². The van der Waals surface area contributed by atoms with E-state index in [0.29, 0.717) is 61.4 Å². The molecule has 1 aliphatic rings. The van der Waals surface area contributed by atoms with E-state index in [1.165, 1.54) is 9.13 Å². The van der Waals surface area contributed by atoms with Crippen molar-refractivity contribution in [3.8, 4) is 112 Å². The summed E-state index contributed by atoms with van der Waals surface area (Å²) in [5.74, 6) is 0. The van der Waals surface area contributed by atoms with Gasteiger partial charge in [0.15, 0.2) is 0 Å². The number of hydrogen-bond donors (Lipinski definition) is 0.